The lowest BCUT2D eigenvalue weighted by Gasteiger charge is -2.51. The van der Waals surface area contributed by atoms with Crippen LogP contribution in [0.5, 0.6) is 0 Å². The summed E-state index contributed by atoms with van der Waals surface area (Å²) < 4.78 is 0. The van der Waals surface area contributed by atoms with E-state index in [9.17, 15) is 0 Å². The molecule has 120 valence electrons. The second-order valence-electron chi connectivity index (χ2n) is 7.34. The Morgan fingerprint density at radius 3 is 2.57 bits per heavy atom. The summed E-state index contributed by atoms with van der Waals surface area (Å²) in [6.07, 6.45) is 4.68. The van der Waals surface area contributed by atoms with E-state index in [1.54, 1.807) is 11.3 Å². The van der Waals surface area contributed by atoms with Gasteiger partial charge in [-0.2, -0.15) is 0 Å². The predicted octanol–water partition coefficient (Wildman–Crippen LogP) is 3.52. The Bertz CT molecular complexity index is 673. The number of hydrogen-bond donors (Lipinski definition) is 0. The molecule has 0 amide bonds. The maximum absolute atomic E-state index is 4.64. The Morgan fingerprint density at radius 2 is 1.87 bits per heavy atom. The van der Waals surface area contributed by atoms with Crippen molar-refractivity contribution >= 4 is 16.5 Å². The Labute approximate surface area is 142 Å². The van der Waals surface area contributed by atoms with Gasteiger partial charge in [-0.25, -0.2) is 4.98 Å². The highest BCUT2D eigenvalue weighted by Crippen LogP contribution is 2.48. The van der Waals surface area contributed by atoms with Gasteiger partial charge in [0, 0.05) is 30.1 Å². The van der Waals surface area contributed by atoms with Gasteiger partial charge in [0.25, 0.3) is 0 Å². The maximum Gasteiger partial charge on any atom is 0.185 e. The number of piperidine rings is 3. The number of anilines is 1. The van der Waals surface area contributed by atoms with Gasteiger partial charge in [-0.05, 0) is 44.3 Å². The molecule has 0 N–H and O–H groups in total. The summed E-state index contributed by atoms with van der Waals surface area (Å²) in [7, 11) is 0. The molecule has 0 saturated carbocycles. The standard InChI is InChI=1S/C19H23N3S/c1-13-2-4-14(5-3-13)16-12-22(19-20-8-11-23-19)17-15-6-9-21(10-7-15)18(16)17/h2-5,8,11,15-18H,6-7,9-10,12H2,1H3/t16-,17-,18-/m0/s1. The lowest BCUT2D eigenvalue weighted by Crippen LogP contribution is -2.60. The molecule has 4 aliphatic heterocycles. The smallest absolute Gasteiger partial charge is 0.185 e. The number of rotatable bonds is 2. The van der Waals surface area contributed by atoms with E-state index in [1.165, 1.54) is 42.2 Å². The third-order valence-electron chi connectivity index (χ3n) is 6.16. The number of aryl methyl sites for hydroxylation is 1. The SMILES string of the molecule is Cc1ccc([C@@H]2CN(c3nccs3)[C@H]3C4CCN(CC4)[C@@H]23)cc1. The number of hydrogen-bond acceptors (Lipinski definition) is 4. The predicted molar refractivity (Wildman–Crippen MR) is 95.3 cm³/mol. The summed E-state index contributed by atoms with van der Waals surface area (Å²) in [5.74, 6) is 1.47. The molecular weight excluding hydrogens is 302 g/mol. The van der Waals surface area contributed by atoms with E-state index >= 15 is 0 Å². The van der Waals surface area contributed by atoms with Crippen LogP contribution in [0.4, 0.5) is 5.13 Å². The van der Waals surface area contributed by atoms with E-state index in [1.807, 2.05) is 6.20 Å². The molecule has 4 saturated heterocycles. The second kappa shape index (κ2) is 5.32. The van der Waals surface area contributed by atoms with Crippen molar-refractivity contribution in [3.8, 4) is 0 Å². The van der Waals surface area contributed by atoms with Crippen LogP contribution in [0.25, 0.3) is 0 Å². The van der Waals surface area contributed by atoms with Gasteiger partial charge < -0.3 is 4.90 Å². The molecule has 3 nitrogen and oxygen atoms in total. The minimum Gasteiger partial charge on any atom is -0.343 e. The molecule has 1 aromatic heterocycles. The van der Waals surface area contributed by atoms with Crippen LogP contribution in [-0.4, -0.2) is 41.6 Å². The summed E-state index contributed by atoms with van der Waals surface area (Å²) in [6.45, 7) is 5.88. The van der Waals surface area contributed by atoms with E-state index in [-0.39, 0.29) is 0 Å². The number of nitrogens with zero attached hydrogens (tertiary/aromatic N) is 3. The van der Waals surface area contributed by atoms with Crippen molar-refractivity contribution in [1.29, 1.82) is 0 Å². The lowest BCUT2D eigenvalue weighted by atomic mass is 9.75. The molecule has 4 heteroatoms. The first-order valence-electron chi connectivity index (χ1n) is 8.78. The fourth-order valence-corrected chi connectivity index (χ4v) is 5.80. The van der Waals surface area contributed by atoms with Crippen LogP contribution in [-0.2, 0) is 0 Å². The zero-order valence-electron chi connectivity index (χ0n) is 13.6. The monoisotopic (exact) mass is 325 g/mol. The average molecular weight is 325 g/mol. The van der Waals surface area contributed by atoms with Crippen molar-refractivity contribution in [2.24, 2.45) is 5.92 Å². The molecule has 23 heavy (non-hydrogen) atoms. The Morgan fingerprint density at radius 1 is 1.09 bits per heavy atom. The molecule has 4 aliphatic rings. The van der Waals surface area contributed by atoms with E-state index in [2.05, 4.69) is 51.4 Å². The normalized spacial score (nSPS) is 35.5. The van der Waals surface area contributed by atoms with Crippen LogP contribution in [0.2, 0.25) is 0 Å². The van der Waals surface area contributed by atoms with Gasteiger partial charge in [0.2, 0.25) is 0 Å². The van der Waals surface area contributed by atoms with Crippen LogP contribution in [0.15, 0.2) is 35.8 Å². The van der Waals surface area contributed by atoms with Gasteiger partial charge in [-0.3, -0.25) is 4.90 Å². The van der Waals surface area contributed by atoms with Gasteiger partial charge >= 0.3 is 0 Å². The van der Waals surface area contributed by atoms with Crippen molar-refractivity contribution in [2.45, 2.75) is 37.8 Å². The first-order chi connectivity index (χ1) is 11.3. The fraction of sp³-hybridized carbons (Fsp3) is 0.526. The Balaban J connectivity index is 1.55. The van der Waals surface area contributed by atoms with Gasteiger partial charge in [-0.15, -0.1) is 11.3 Å². The third kappa shape index (κ3) is 2.15. The van der Waals surface area contributed by atoms with E-state index in [0.717, 1.165) is 12.5 Å². The molecule has 0 radical (unpaired) electrons. The molecular formula is C19H23N3S. The summed E-state index contributed by atoms with van der Waals surface area (Å²) in [5.41, 5.74) is 2.86. The minimum absolute atomic E-state index is 0.618. The van der Waals surface area contributed by atoms with Crippen LogP contribution in [0.3, 0.4) is 0 Å². The number of fused-ring (bicyclic) bond motifs is 2. The molecule has 0 aliphatic carbocycles. The van der Waals surface area contributed by atoms with E-state index < -0.39 is 0 Å². The number of thiazole rings is 1. The summed E-state index contributed by atoms with van der Waals surface area (Å²) in [5, 5.41) is 3.34. The van der Waals surface area contributed by atoms with Gasteiger partial charge in [-0.1, -0.05) is 29.8 Å². The largest absolute Gasteiger partial charge is 0.343 e. The Kier molecular flexibility index (Phi) is 3.24. The van der Waals surface area contributed by atoms with Crippen molar-refractivity contribution in [1.82, 2.24) is 9.88 Å². The molecule has 1 aromatic carbocycles. The van der Waals surface area contributed by atoms with Crippen LogP contribution >= 0.6 is 11.3 Å². The zero-order valence-corrected chi connectivity index (χ0v) is 14.4. The van der Waals surface area contributed by atoms with Crippen molar-refractivity contribution < 1.29 is 0 Å². The molecule has 4 fully saturated rings. The zero-order chi connectivity index (χ0) is 15.4. The third-order valence-corrected chi connectivity index (χ3v) is 6.97. The van der Waals surface area contributed by atoms with Gasteiger partial charge in [0.05, 0.1) is 6.04 Å². The van der Waals surface area contributed by atoms with E-state index in [4.69, 9.17) is 0 Å². The molecule has 5 heterocycles. The summed E-state index contributed by atoms with van der Waals surface area (Å²) >= 11 is 1.80. The molecule has 0 spiro atoms. The highest BCUT2D eigenvalue weighted by atomic mass is 32.1. The van der Waals surface area contributed by atoms with E-state index in [0.29, 0.717) is 18.0 Å². The maximum atomic E-state index is 4.64. The first-order valence-corrected chi connectivity index (χ1v) is 9.66. The van der Waals surface area contributed by atoms with Gasteiger partial charge in [0.1, 0.15) is 0 Å². The summed E-state index contributed by atoms with van der Waals surface area (Å²) in [6, 6.07) is 10.6. The van der Waals surface area contributed by atoms with Crippen molar-refractivity contribution in [2.75, 3.05) is 24.5 Å². The van der Waals surface area contributed by atoms with Gasteiger partial charge in [0.15, 0.2) is 5.13 Å². The second-order valence-corrected chi connectivity index (χ2v) is 8.21. The molecule has 2 bridgehead atoms. The quantitative estimate of drug-likeness (QED) is 0.842. The number of aromatic nitrogens is 1. The highest BCUT2D eigenvalue weighted by Gasteiger charge is 2.53. The Hall–Kier alpha value is -1.39. The minimum atomic E-state index is 0.618. The van der Waals surface area contributed by atoms with Crippen LogP contribution in [0.1, 0.15) is 29.9 Å². The molecule has 2 aromatic rings. The summed E-state index contributed by atoms with van der Waals surface area (Å²) in [4.78, 5) is 10.0. The van der Waals surface area contributed by atoms with Crippen LogP contribution < -0.4 is 4.90 Å². The fourth-order valence-electron chi connectivity index (χ4n) is 5.11. The first kappa shape index (κ1) is 14.0. The van der Waals surface area contributed by atoms with Crippen molar-refractivity contribution in [3.05, 3.63) is 47.0 Å². The number of benzene rings is 1. The topological polar surface area (TPSA) is 19.4 Å². The lowest BCUT2D eigenvalue weighted by molar-refractivity contribution is 0.0356. The molecule has 0 unspecified atom stereocenters. The van der Waals surface area contributed by atoms with Crippen molar-refractivity contribution in [3.63, 3.8) is 0 Å². The molecule has 6 rings (SSSR count). The average Bonchev–Trinajstić information content (AvgIpc) is 3.25. The molecule has 3 atom stereocenters. The van der Waals surface area contributed by atoms with Crippen LogP contribution in [0, 0.1) is 12.8 Å². The highest BCUT2D eigenvalue weighted by molar-refractivity contribution is 7.13.